The Balaban J connectivity index is 2.13. The maximum Gasteiger partial charge on any atom is 0.225 e. The largest absolute Gasteiger partial charge is 0.388 e. The van der Waals surface area contributed by atoms with Crippen LogP contribution in [0.2, 0.25) is 0 Å². The van der Waals surface area contributed by atoms with Gasteiger partial charge in [0, 0.05) is 31.7 Å². The molecule has 0 aliphatic carbocycles. The van der Waals surface area contributed by atoms with E-state index in [1.165, 1.54) is 11.6 Å². The third-order valence-electron chi connectivity index (χ3n) is 4.25. The molecule has 1 amide bonds. The molecule has 0 atom stereocenters. The summed E-state index contributed by atoms with van der Waals surface area (Å²) in [6.45, 7) is 7.38. The van der Waals surface area contributed by atoms with Gasteiger partial charge in [0.2, 0.25) is 5.91 Å². The van der Waals surface area contributed by atoms with E-state index in [9.17, 15) is 9.18 Å². The number of hydrogen-bond acceptors (Lipinski definition) is 2. The summed E-state index contributed by atoms with van der Waals surface area (Å²) in [6, 6.07) is 3.09. The number of nitrogens with zero attached hydrogens (tertiary/aromatic N) is 1. The molecule has 4 heteroatoms. The summed E-state index contributed by atoms with van der Waals surface area (Å²) < 4.78 is 13.7. The molecule has 22 heavy (non-hydrogen) atoms. The number of rotatable bonds is 3. The molecule has 1 aliphatic rings. The van der Waals surface area contributed by atoms with Crippen molar-refractivity contribution < 1.29 is 9.18 Å². The van der Waals surface area contributed by atoms with Gasteiger partial charge >= 0.3 is 0 Å². The molecule has 2 rings (SSSR count). The molecule has 1 aromatic rings. The number of benzene rings is 1. The Morgan fingerprint density at radius 1 is 1.32 bits per heavy atom. The first-order valence-corrected chi connectivity index (χ1v) is 7.88. The zero-order chi connectivity index (χ0) is 16.3. The predicted molar refractivity (Wildman–Crippen MR) is 89.3 cm³/mol. The Labute approximate surface area is 132 Å². The summed E-state index contributed by atoms with van der Waals surface area (Å²) in [5.41, 5.74) is 4.07. The van der Waals surface area contributed by atoms with E-state index in [1.807, 2.05) is 25.7 Å². The average molecular weight is 304 g/mol. The van der Waals surface area contributed by atoms with Gasteiger partial charge in [-0.2, -0.15) is 0 Å². The van der Waals surface area contributed by atoms with Crippen LogP contribution in [0.3, 0.4) is 0 Å². The molecular formula is C18H25FN2O. The highest BCUT2D eigenvalue weighted by molar-refractivity contribution is 5.78. The van der Waals surface area contributed by atoms with Crippen LogP contribution >= 0.6 is 0 Å². The lowest BCUT2D eigenvalue weighted by molar-refractivity contribution is -0.134. The van der Waals surface area contributed by atoms with Crippen molar-refractivity contribution in [2.45, 2.75) is 33.6 Å². The molecule has 0 radical (unpaired) electrons. The van der Waals surface area contributed by atoms with Gasteiger partial charge in [0.1, 0.15) is 5.82 Å². The quantitative estimate of drug-likeness (QED) is 0.920. The topological polar surface area (TPSA) is 32.3 Å². The monoisotopic (exact) mass is 304 g/mol. The highest BCUT2D eigenvalue weighted by Crippen LogP contribution is 2.26. The third-order valence-corrected chi connectivity index (χ3v) is 4.25. The van der Waals surface area contributed by atoms with Gasteiger partial charge in [0.25, 0.3) is 0 Å². The maximum absolute atomic E-state index is 13.7. The number of carbonyl (C=O) groups is 1. The van der Waals surface area contributed by atoms with E-state index in [0.717, 1.165) is 42.7 Å². The van der Waals surface area contributed by atoms with Gasteiger partial charge in [-0.05, 0) is 43.0 Å². The van der Waals surface area contributed by atoms with E-state index in [4.69, 9.17) is 0 Å². The molecule has 0 unspecified atom stereocenters. The number of hydrogen-bond donors (Lipinski definition) is 1. The van der Waals surface area contributed by atoms with Crippen LogP contribution < -0.4 is 5.32 Å². The number of nitrogens with one attached hydrogen (secondary N) is 1. The second-order valence-corrected chi connectivity index (χ2v) is 6.20. The van der Waals surface area contributed by atoms with Gasteiger partial charge in [-0.15, -0.1) is 0 Å². The molecule has 3 nitrogen and oxygen atoms in total. The average Bonchev–Trinajstić information content (AvgIpc) is 2.50. The van der Waals surface area contributed by atoms with Crippen LogP contribution in [0, 0.1) is 18.7 Å². The zero-order valence-electron chi connectivity index (χ0n) is 13.9. The second kappa shape index (κ2) is 6.95. The van der Waals surface area contributed by atoms with Gasteiger partial charge in [-0.25, -0.2) is 4.39 Å². The molecule has 1 aromatic carbocycles. The molecule has 1 heterocycles. The molecule has 1 fully saturated rings. The van der Waals surface area contributed by atoms with E-state index >= 15 is 0 Å². The Morgan fingerprint density at radius 3 is 2.50 bits per heavy atom. The number of likely N-dealkylation sites (tertiary alicyclic amines) is 1. The van der Waals surface area contributed by atoms with Crippen LogP contribution in [-0.4, -0.2) is 30.9 Å². The summed E-state index contributed by atoms with van der Waals surface area (Å²) in [6.07, 6.45) is 3.81. The first-order valence-electron chi connectivity index (χ1n) is 7.88. The maximum atomic E-state index is 13.7. The number of piperidine rings is 1. The molecule has 0 bridgehead atoms. The molecule has 0 aromatic heterocycles. The third kappa shape index (κ3) is 3.67. The Bertz CT molecular complexity index is 583. The fraction of sp³-hybridized carbons (Fsp3) is 0.500. The lowest BCUT2D eigenvalue weighted by atomic mass is 9.97. The van der Waals surface area contributed by atoms with Gasteiger partial charge in [-0.1, -0.05) is 25.5 Å². The first-order chi connectivity index (χ1) is 10.4. The van der Waals surface area contributed by atoms with Gasteiger partial charge < -0.3 is 10.2 Å². The predicted octanol–water partition coefficient (Wildman–Crippen LogP) is 3.84. The van der Waals surface area contributed by atoms with E-state index in [1.54, 1.807) is 13.1 Å². The summed E-state index contributed by atoms with van der Waals surface area (Å²) in [5, 5.41) is 3.03. The highest BCUT2D eigenvalue weighted by atomic mass is 19.1. The second-order valence-electron chi connectivity index (χ2n) is 6.20. The highest BCUT2D eigenvalue weighted by Gasteiger charge is 2.21. The van der Waals surface area contributed by atoms with Crippen molar-refractivity contribution in [3.8, 4) is 0 Å². The minimum atomic E-state index is -0.228. The van der Waals surface area contributed by atoms with Gasteiger partial charge in [0.15, 0.2) is 0 Å². The molecular weight excluding hydrogens is 279 g/mol. The number of carbonyl (C=O) groups excluding carboxylic acids is 1. The fourth-order valence-corrected chi connectivity index (χ4v) is 2.85. The van der Waals surface area contributed by atoms with Crippen LogP contribution in [0.5, 0.6) is 0 Å². The van der Waals surface area contributed by atoms with Crippen molar-refractivity contribution in [3.05, 3.63) is 34.6 Å². The SMILES string of the molecule is CNc1cc(F)cc(C=C2CCN(C(=O)C(C)C)CC2)c1C. The van der Waals surface area contributed by atoms with Gasteiger partial charge in [0.05, 0.1) is 0 Å². The Kier molecular flexibility index (Phi) is 5.22. The van der Waals surface area contributed by atoms with Gasteiger partial charge in [-0.3, -0.25) is 4.79 Å². The first kappa shape index (κ1) is 16.5. The summed E-state index contributed by atoms with van der Waals surface area (Å²) in [5.74, 6) is 0.0434. The van der Waals surface area contributed by atoms with Crippen molar-refractivity contribution in [3.63, 3.8) is 0 Å². The number of anilines is 1. The zero-order valence-corrected chi connectivity index (χ0v) is 13.9. The standard InChI is InChI=1S/C18H25FN2O/c1-12(2)18(22)21-7-5-14(6-8-21)9-15-10-16(19)11-17(20-4)13(15)3/h9-12,20H,5-8H2,1-4H3. The van der Waals surface area contributed by atoms with Crippen LogP contribution in [0.15, 0.2) is 17.7 Å². The smallest absolute Gasteiger partial charge is 0.225 e. The van der Waals surface area contributed by atoms with Crippen LogP contribution in [0.4, 0.5) is 10.1 Å². The molecule has 1 aliphatic heterocycles. The number of halogens is 1. The number of amides is 1. The summed E-state index contributed by atoms with van der Waals surface area (Å²) >= 11 is 0. The lowest BCUT2D eigenvalue weighted by Gasteiger charge is -2.30. The normalized spacial score (nSPS) is 15.2. The van der Waals surface area contributed by atoms with Crippen molar-refractivity contribution in [1.29, 1.82) is 0 Å². The molecule has 0 saturated carbocycles. The Hall–Kier alpha value is -1.84. The summed E-state index contributed by atoms with van der Waals surface area (Å²) in [7, 11) is 1.80. The Morgan fingerprint density at radius 2 is 1.95 bits per heavy atom. The molecule has 1 N–H and O–H groups in total. The van der Waals surface area contributed by atoms with Crippen molar-refractivity contribution in [2.75, 3.05) is 25.5 Å². The van der Waals surface area contributed by atoms with E-state index in [2.05, 4.69) is 11.4 Å². The minimum absolute atomic E-state index is 0.0502. The minimum Gasteiger partial charge on any atom is -0.388 e. The van der Waals surface area contributed by atoms with E-state index in [0.29, 0.717) is 0 Å². The van der Waals surface area contributed by atoms with Crippen LogP contribution in [0.1, 0.15) is 37.8 Å². The summed E-state index contributed by atoms with van der Waals surface area (Å²) in [4.78, 5) is 13.9. The molecule has 1 saturated heterocycles. The van der Waals surface area contributed by atoms with E-state index < -0.39 is 0 Å². The van der Waals surface area contributed by atoms with E-state index in [-0.39, 0.29) is 17.6 Å². The van der Waals surface area contributed by atoms with Crippen molar-refractivity contribution >= 4 is 17.7 Å². The lowest BCUT2D eigenvalue weighted by Crippen LogP contribution is -2.38. The molecule has 0 spiro atoms. The molecule has 120 valence electrons. The fourth-order valence-electron chi connectivity index (χ4n) is 2.85. The van der Waals surface area contributed by atoms with Crippen molar-refractivity contribution in [1.82, 2.24) is 4.90 Å². The van der Waals surface area contributed by atoms with Crippen LogP contribution in [0.25, 0.3) is 6.08 Å². The van der Waals surface area contributed by atoms with Crippen LogP contribution in [-0.2, 0) is 4.79 Å². The van der Waals surface area contributed by atoms with Crippen molar-refractivity contribution in [2.24, 2.45) is 5.92 Å².